The molecule has 3 aliphatic rings. The summed E-state index contributed by atoms with van der Waals surface area (Å²) >= 11 is 0. The first-order chi connectivity index (χ1) is 18.7. The Morgan fingerprint density at radius 3 is 2.28 bits per heavy atom. The summed E-state index contributed by atoms with van der Waals surface area (Å²) in [5.41, 5.74) is 1.47. The van der Waals surface area contributed by atoms with Crippen LogP contribution in [0, 0.1) is 29.1 Å². The summed E-state index contributed by atoms with van der Waals surface area (Å²) in [7, 11) is -3.18. The summed E-state index contributed by atoms with van der Waals surface area (Å²) in [4.78, 5) is 17.1. The van der Waals surface area contributed by atoms with Gasteiger partial charge in [0.2, 0.25) is 0 Å². The van der Waals surface area contributed by atoms with Gasteiger partial charge in [-0.25, -0.2) is 8.42 Å². The van der Waals surface area contributed by atoms with Crippen molar-refractivity contribution in [2.45, 2.75) is 55.4 Å². The molecule has 0 spiro atoms. The van der Waals surface area contributed by atoms with Crippen molar-refractivity contribution in [3.8, 4) is 6.07 Å². The van der Waals surface area contributed by atoms with Crippen molar-refractivity contribution in [1.82, 2.24) is 4.90 Å². The molecule has 2 aromatic rings. The van der Waals surface area contributed by atoms with Gasteiger partial charge in [-0.2, -0.15) is 5.26 Å². The van der Waals surface area contributed by atoms with Gasteiger partial charge in [0.15, 0.2) is 9.84 Å². The summed E-state index contributed by atoms with van der Waals surface area (Å²) in [6.07, 6.45) is 5.65. The van der Waals surface area contributed by atoms with E-state index >= 15 is 0 Å². The molecule has 2 saturated heterocycles. The number of carbonyl (C=O) groups excluding carboxylic acids is 1. The minimum absolute atomic E-state index is 0.0135. The van der Waals surface area contributed by atoms with E-state index in [4.69, 9.17) is 4.74 Å². The number of carbonyl (C=O) groups is 1. The van der Waals surface area contributed by atoms with Gasteiger partial charge in [0, 0.05) is 50.3 Å². The van der Waals surface area contributed by atoms with Gasteiger partial charge in [-0.15, -0.1) is 0 Å². The highest BCUT2D eigenvalue weighted by molar-refractivity contribution is 7.90. The van der Waals surface area contributed by atoms with Crippen LogP contribution in [0.5, 0.6) is 0 Å². The average Bonchev–Trinajstić information content (AvgIpc) is 3.35. The standard InChI is InChI=1S/C31H39N3O4S/c1-23(35)38-30-10-6-9-29(30)31(22-32,25-7-4-3-5-8-25)26-15-17-33(18-16-26)19-24-20-34(21-24)27-11-13-28(14-12-27)39(2,36)37/h3-5,7-8,11-14,24,26,29-30H,6,9-10,15-21H2,1-2H3/t29-,30-,31?/m0/s1. The van der Waals surface area contributed by atoms with Crippen LogP contribution in [0.25, 0.3) is 0 Å². The Kier molecular flexibility index (Phi) is 8.02. The molecule has 39 heavy (non-hydrogen) atoms. The largest absolute Gasteiger partial charge is 0.462 e. The molecule has 2 aromatic carbocycles. The molecular formula is C31H39N3O4S. The van der Waals surface area contributed by atoms with Gasteiger partial charge in [0.25, 0.3) is 0 Å². The van der Waals surface area contributed by atoms with E-state index in [0.717, 1.165) is 76.1 Å². The first kappa shape index (κ1) is 27.7. The molecule has 0 radical (unpaired) electrons. The highest BCUT2D eigenvalue weighted by atomic mass is 32.2. The first-order valence-electron chi connectivity index (χ1n) is 14.1. The number of rotatable bonds is 8. The van der Waals surface area contributed by atoms with E-state index in [2.05, 4.69) is 28.0 Å². The van der Waals surface area contributed by atoms with E-state index in [1.807, 2.05) is 30.3 Å². The van der Waals surface area contributed by atoms with Gasteiger partial charge in [-0.1, -0.05) is 30.3 Å². The fraction of sp³-hybridized carbons (Fsp3) is 0.548. The summed E-state index contributed by atoms with van der Waals surface area (Å²) < 4.78 is 29.2. The molecule has 3 fully saturated rings. The maximum absolute atomic E-state index is 11.9. The van der Waals surface area contributed by atoms with Crippen LogP contribution in [0.15, 0.2) is 59.5 Å². The van der Waals surface area contributed by atoms with E-state index < -0.39 is 15.3 Å². The van der Waals surface area contributed by atoms with Crippen molar-refractivity contribution >= 4 is 21.5 Å². The molecule has 8 heteroatoms. The van der Waals surface area contributed by atoms with Crippen molar-refractivity contribution < 1.29 is 17.9 Å². The molecule has 0 aromatic heterocycles. The maximum Gasteiger partial charge on any atom is 0.302 e. The van der Waals surface area contributed by atoms with Gasteiger partial charge in [0.05, 0.1) is 16.4 Å². The van der Waals surface area contributed by atoms with Crippen LogP contribution in [0.2, 0.25) is 0 Å². The Morgan fingerprint density at radius 1 is 1.03 bits per heavy atom. The highest BCUT2D eigenvalue weighted by Crippen LogP contribution is 2.51. The van der Waals surface area contributed by atoms with Crippen LogP contribution >= 0.6 is 0 Å². The number of esters is 1. The van der Waals surface area contributed by atoms with Gasteiger partial charge in [-0.05, 0) is 80.9 Å². The molecule has 1 unspecified atom stereocenters. The summed E-state index contributed by atoms with van der Waals surface area (Å²) in [5, 5.41) is 10.8. The van der Waals surface area contributed by atoms with Crippen molar-refractivity contribution in [2.75, 3.05) is 43.9 Å². The fourth-order valence-electron chi connectivity index (χ4n) is 7.24. The van der Waals surface area contributed by atoms with Gasteiger partial charge in [-0.3, -0.25) is 4.79 Å². The molecule has 0 amide bonds. The van der Waals surface area contributed by atoms with E-state index in [9.17, 15) is 18.5 Å². The minimum atomic E-state index is -3.18. The summed E-state index contributed by atoms with van der Waals surface area (Å²) in [6, 6.07) is 20.2. The van der Waals surface area contributed by atoms with Crippen LogP contribution in [-0.4, -0.2) is 64.4 Å². The number of piperidine rings is 1. The van der Waals surface area contributed by atoms with Crippen LogP contribution in [0.3, 0.4) is 0 Å². The Balaban J connectivity index is 1.22. The number of nitrogens with zero attached hydrogens (tertiary/aromatic N) is 3. The number of sulfone groups is 1. The Morgan fingerprint density at radius 2 is 1.69 bits per heavy atom. The SMILES string of the molecule is CC(=O)O[C@H]1CCC[C@@H]1C(C#N)(c1ccccc1)C1CCN(CC2CN(c3ccc(S(C)(=O)=O)cc3)C2)CC1. The predicted octanol–water partition coefficient (Wildman–Crippen LogP) is 4.43. The van der Waals surface area contributed by atoms with Crippen LogP contribution in [0.4, 0.5) is 5.69 Å². The van der Waals surface area contributed by atoms with Crippen molar-refractivity contribution in [3.63, 3.8) is 0 Å². The zero-order valence-corrected chi connectivity index (χ0v) is 23.8. The Bertz CT molecular complexity index is 1290. The second-order valence-corrected chi connectivity index (χ2v) is 13.7. The Hall–Kier alpha value is -2.89. The predicted molar refractivity (Wildman–Crippen MR) is 151 cm³/mol. The molecule has 1 aliphatic carbocycles. The van der Waals surface area contributed by atoms with Crippen LogP contribution in [0.1, 0.15) is 44.6 Å². The average molecular weight is 550 g/mol. The van der Waals surface area contributed by atoms with Crippen molar-refractivity contribution in [3.05, 3.63) is 60.2 Å². The normalized spacial score (nSPS) is 24.5. The van der Waals surface area contributed by atoms with Gasteiger partial charge in [0.1, 0.15) is 6.10 Å². The number of ether oxygens (including phenoxy) is 1. The van der Waals surface area contributed by atoms with Crippen molar-refractivity contribution in [1.29, 1.82) is 5.26 Å². The summed E-state index contributed by atoms with van der Waals surface area (Å²) in [5.74, 6) is 0.546. The molecule has 2 heterocycles. The topological polar surface area (TPSA) is 90.7 Å². The lowest BCUT2D eigenvalue weighted by atomic mass is 9.59. The van der Waals surface area contributed by atoms with E-state index in [1.54, 1.807) is 12.1 Å². The molecule has 0 bridgehead atoms. The van der Waals surface area contributed by atoms with Crippen molar-refractivity contribution in [2.24, 2.45) is 17.8 Å². The minimum Gasteiger partial charge on any atom is -0.462 e. The number of hydrogen-bond donors (Lipinski definition) is 0. The van der Waals surface area contributed by atoms with Crippen LogP contribution in [-0.2, 0) is 24.8 Å². The Labute approximate surface area is 232 Å². The summed E-state index contributed by atoms with van der Waals surface area (Å²) in [6.45, 7) is 6.37. The van der Waals surface area contributed by atoms with E-state index in [0.29, 0.717) is 10.8 Å². The zero-order chi connectivity index (χ0) is 27.6. The molecule has 7 nitrogen and oxygen atoms in total. The third kappa shape index (κ3) is 5.71. The second kappa shape index (κ2) is 11.3. The number of nitriles is 1. The molecule has 5 rings (SSSR count). The number of likely N-dealkylation sites (tertiary alicyclic amines) is 1. The molecule has 208 valence electrons. The van der Waals surface area contributed by atoms with Gasteiger partial charge >= 0.3 is 5.97 Å². The number of benzene rings is 2. The van der Waals surface area contributed by atoms with E-state index in [1.165, 1.54) is 13.2 Å². The molecule has 3 atom stereocenters. The fourth-order valence-corrected chi connectivity index (χ4v) is 7.87. The highest BCUT2D eigenvalue weighted by Gasteiger charge is 2.53. The second-order valence-electron chi connectivity index (χ2n) is 11.6. The third-order valence-electron chi connectivity index (χ3n) is 9.13. The molecule has 1 saturated carbocycles. The first-order valence-corrected chi connectivity index (χ1v) is 16.0. The van der Waals surface area contributed by atoms with E-state index in [-0.39, 0.29) is 23.9 Å². The lowest BCUT2D eigenvalue weighted by Gasteiger charge is -2.48. The quantitative estimate of drug-likeness (QED) is 0.450. The molecule has 0 N–H and O–H groups in total. The zero-order valence-electron chi connectivity index (χ0n) is 23.0. The number of hydrogen-bond acceptors (Lipinski definition) is 7. The maximum atomic E-state index is 11.9. The lowest BCUT2D eigenvalue weighted by Crippen LogP contribution is -2.54. The van der Waals surface area contributed by atoms with Crippen LogP contribution < -0.4 is 4.90 Å². The smallest absolute Gasteiger partial charge is 0.302 e. The third-order valence-corrected chi connectivity index (χ3v) is 10.3. The number of anilines is 1. The molecular weight excluding hydrogens is 510 g/mol. The monoisotopic (exact) mass is 549 g/mol. The molecule has 2 aliphatic heterocycles. The lowest BCUT2D eigenvalue weighted by molar-refractivity contribution is -0.149. The van der Waals surface area contributed by atoms with Gasteiger partial charge < -0.3 is 14.5 Å².